The average Bonchev–Trinajstić information content (AvgIpc) is 3.23. The highest BCUT2D eigenvalue weighted by molar-refractivity contribution is 7.07. The lowest BCUT2D eigenvalue weighted by atomic mass is 9.91. The van der Waals surface area contributed by atoms with Gasteiger partial charge in [-0.2, -0.15) is 0 Å². The molecule has 0 saturated heterocycles. The highest BCUT2D eigenvalue weighted by Crippen LogP contribution is 2.35. The summed E-state index contributed by atoms with van der Waals surface area (Å²) in [5.41, 5.74) is 2.27. The van der Waals surface area contributed by atoms with Crippen LogP contribution in [-0.4, -0.2) is 30.4 Å². The topological polar surface area (TPSA) is 79.1 Å². The first-order valence-electron chi connectivity index (χ1n) is 13.0. The molecule has 8 heteroatoms. The maximum Gasteiger partial charge on any atom is 0.338 e. The second kappa shape index (κ2) is 11.3. The van der Waals surface area contributed by atoms with E-state index in [0.717, 1.165) is 21.9 Å². The van der Waals surface area contributed by atoms with Crippen molar-refractivity contribution in [1.82, 2.24) is 4.57 Å². The normalized spacial score (nSPS) is 15.2. The smallest absolute Gasteiger partial charge is 0.338 e. The Balaban J connectivity index is 1.75. The molecular formula is C31H30N2O5S. The summed E-state index contributed by atoms with van der Waals surface area (Å²) in [7, 11) is 0. The molecule has 0 bridgehead atoms. The number of allylic oxidation sites excluding steroid dienone is 1. The number of nitrogens with zero attached hydrogens (tertiary/aromatic N) is 2. The Morgan fingerprint density at radius 3 is 2.54 bits per heavy atom. The van der Waals surface area contributed by atoms with Crippen LogP contribution in [0.4, 0.5) is 0 Å². The van der Waals surface area contributed by atoms with Crippen molar-refractivity contribution in [2.24, 2.45) is 4.99 Å². The van der Waals surface area contributed by atoms with Crippen LogP contribution in [0.5, 0.6) is 11.5 Å². The number of esters is 1. The fourth-order valence-electron chi connectivity index (χ4n) is 4.89. The third-order valence-electron chi connectivity index (χ3n) is 6.52. The molecule has 1 atom stereocenters. The zero-order valence-electron chi connectivity index (χ0n) is 22.4. The zero-order chi connectivity index (χ0) is 27.5. The minimum Gasteiger partial charge on any atom is -0.494 e. The molecule has 5 rings (SSSR count). The number of rotatable bonds is 8. The molecule has 1 aliphatic heterocycles. The van der Waals surface area contributed by atoms with Gasteiger partial charge in [-0.1, -0.05) is 53.8 Å². The van der Waals surface area contributed by atoms with Gasteiger partial charge in [0.2, 0.25) is 0 Å². The van der Waals surface area contributed by atoms with E-state index in [1.165, 1.54) is 11.3 Å². The van der Waals surface area contributed by atoms with Crippen LogP contribution in [0.15, 0.2) is 81.7 Å². The van der Waals surface area contributed by atoms with Crippen molar-refractivity contribution in [3.63, 3.8) is 0 Å². The monoisotopic (exact) mass is 542 g/mol. The summed E-state index contributed by atoms with van der Waals surface area (Å²) < 4.78 is 19.0. The average molecular weight is 543 g/mol. The molecule has 39 heavy (non-hydrogen) atoms. The van der Waals surface area contributed by atoms with Gasteiger partial charge in [0.1, 0.15) is 11.5 Å². The Labute approximate surface area is 230 Å². The molecule has 0 spiro atoms. The Morgan fingerprint density at radius 2 is 1.77 bits per heavy atom. The summed E-state index contributed by atoms with van der Waals surface area (Å²) in [6.07, 6.45) is 1.81. The van der Waals surface area contributed by atoms with Crippen LogP contribution in [0.3, 0.4) is 0 Å². The van der Waals surface area contributed by atoms with Crippen LogP contribution in [0.25, 0.3) is 16.8 Å². The summed E-state index contributed by atoms with van der Waals surface area (Å²) in [6.45, 7) is 8.63. The van der Waals surface area contributed by atoms with Crippen molar-refractivity contribution in [1.29, 1.82) is 0 Å². The molecule has 4 aromatic rings. The maximum absolute atomic E-state index is 14.1. The number of thiazole rings is 1. The number of ether oxygens (including phenoxy) is 3. The summed E-state index contributed by atoms with van der Waals surface area (Å²) in [6, 6.07) is 18.8. The van der Waals surface area contributed by atoms with Gasteiger partial charge in [-0.3, -0.25) is 9.36 Å². The molecule has 0 N–H and O–H groups in total. The largest absolute Gasteiger partial charge is 0.494 e. The summed E-state index contributed by atoms with van der Waals surface area (Å²) in [5, 5.41) is 1.98. The maximum atomic E-state index is 14.1. The zero-order valence-corrected chi connectivity index (χ0v) is 23.2. The second-order valence-electron chi connectivity index (χ2n) is 8.94. The molecule has 3 aromatic carbocycles. The minimum absolute atomic E-state index is 0.222. The second-order valence-corrected chi connectivity index (χ2v) is 9.95. The number of aromatic nitrogens is 1. The highest BCUT2D eigenvalue weighted by atomic mass is 32.1. The molecule has 200 valence electrons. The summed E-state index contributed by atoms with van der Waals surface area (Å²) >= 11 is 1.29. The van der Waals surface area contributed by atoms with Crippen LogP contribution in [-0.2, 0) is 9.53 Å². The van der Waals surface area contributed by atoms with Gasteiger partial charge in [0.15, 0.2) is 4.80 Å². The van der Waals surface area contributed by atoms with E-state index in [1.807, 2.05) is 80.6 Å². The van der Waals surface area contributed by atoms with Gasteiger partial charge in [0, 0.05) is 11.6 Å². The lowest BCUT2D eigenvalue weighted by Crippen LogP contribution is -2.40. The predicted molar refractivity (Wildman–Crippen MR) is 153 cm³/mol. The molecule has 2 heterocycles. The molecule has 0 saturated carbocycles. The molecule has 0 amide bonds. The molecular weight excluding hydrogens is 512 g/mol. The van der Waals surface area contributed by atoms with Crippen LogP contribution < -0.4 is 24.4 Å². The van der Waals surface area contributed by atoms with E-state index in [0.29, 0.717) is 45.3 Å². The summed E-state index contributed by atoms with van der Waals surface area (Å²) in [5.74, 6) is 0.851. The molecule has 1 aromatic heterocycles. The third-order valence-corrected chi connectivity index (χ3v) is 7.50. The minimum atomic E-state index is -0.680. The van der Waals surface area contributed by atoms with Crippen molar-refractivity contribution < 1.29 is 19.0 Å². The Hall–Kier alpha value is -4.17. The molecule has 0 aliphatic carbocycles. The first-order valence-corrected chi connectivity index (χ1v) is 13.8. The van der Waals surface area contributed by atoms with E-state index >= 15 is 0 Å². The molecule has 0 unspecified atom stereocenters. The fraction of sp³-hybridized carbons (Fsp3) is 0.258. The van der Waals surface area contributed by atoms with Crippen molar-refractivity contribution in [3.05, 3.63) is 103 Å². The lowest BCUT2D eigenvalue weighted by molar-refractivity contribution is -0.139. The number of hydrogen-bond acceptors (Lipinski definition) is 7. The third kappa shape index (κ3) is 5.00. The molecule has 0 radical (unpaired) electrons. The SMILES string of the molecule is CCOC(=O)C1=C(C)N=c2s/c(=C/c3ccc(OCC)cc3OCC)c(=O)n2[C@H]1c1cccc2ccccc12. The van der Waals surface area contributed by atoms with E-state index in [1.54, 1.807) is 18.4 Å². The van der Waals surface area contributed by atoms with Gasteiger partial charge in [0.05, 0.1) is 41.7 Å². The quantitative estimate of drug-likeness (QED) is 0.300. The summed E-state index contributed by atoms with van der Waals surface area (Å²) in [4.78, 5) is 32.5. The Kier molecular flexibility index (Phi) is 7.65. The predicted octanol–water partition coefficient (Wildman–Crippen LogP) is 4.75. The van der Waals surface area contributed by atoms with Gasteiger partial charge < -0.3 is 14.2 Å². The van der Waals surface area contributed by atoms with E-state index in [4.69, 9.17) is 19.2 Å². The molecule has 1 aliphatic rings. The number of hydrogen-bond donors (Lipinski definition) is 0. The molecule has 0 fully saturated rings. The van der Waals surface area contributed by atoms with Gasteiger partial charge >= 0.3 is 5.97 Å². The van der Waals surface area contributed by atoms with Gasteiger partial charge in [-0.05, 0) is 62.2 Å². The van der Waals surface area contributed by atoms with Crippen LogP contribution in [0, 0.1) is 0 Å². The van der Waals surface area contributed by atoms with Crippen LogP contribution in [0.2, 0.25) is 0 Å². The first kappa shape index (κ1) is 26.4. The van der Waals surface area contributed by atoms with Gasteiger partial charge in [0.25, 0.3) is 5.56 Å². The number of carbonyl (C=O) groups is 1. The van der Waals surface area contributed by atoms with E-state index < -0.39 is 12.0 Å². The highest BCUT2D eigenvalue weighted by Gasteiger charge is 2.34. The Morgan fingerprint density at radius 1 is 1.00 bits per heavy atom. The van der Waals surface area contributed by atoms with Crippen molar-refractivity contribution in [2.45, 2.75) is 33.7 Å². The molecule has 7 nitrogen and oxygen atoms in total. The number of fused-ring (bicyclic) bond motifs is 2. The number of benzene rings is 3. The van der Waals surface area contributed by atoms with Crippen LogP contribution >= 0.6 is 11.3 Å². The van der Waals surface area contributed by atoms with Crippen LogP contribution in [0.1, 0.15) is 44.9 Å². The first-order chi connectivity index (χ1) is 19.0. The van der Waals surface area contributed by atoms with Crippen molar-refractivity contribution >= 4 is 34.2 Å². The Bertz CT molecular complexity index is 1760. The van der Waals surface area contributed by atoms with E-state index in [9.17, 15) is 9.59 Å². The number of carbonyl (C=O) groups excluding carboxylic acids is 1. The van der Waals surface area contributed by atoms with Gasteiger partial charge in [-0.25, -0.2) is 9.79 Å². The van der Waals surface area contributed by atoms with Crippen molar-refractivity contribution in [3.8, 4) is 11.5 Å². The van der Waals surface area contributed by atoms with E-state index in [2.05, 4.69) is 0 Å². The van der Waals surface area contributed by atoms with Gasteiger partial charge in [-0.15, -0.1) is 0 Å². The fourth-order valence-corrected chi connectivity index (χ4v) is 5.92. The standard InChI is InChI=1S/C31H30N2O5S/c1-5-36-22-16-15-21(25(18-22)37-6-2)17-26-29(34)33-28(24-14-10-12-20-11-8-9-13-23(20)24)27(30(35)38-7-3)19(4)32-31(33)39-26/h8-18,28H,5-7H2,1-4H3/b26-17+/t28-/m0/s1. The lowest BCUT2D eigenvalue weighted by Gasteiger charge is -2.25. The van der Waals surface area contributed by atoms with Crippen molar-refractivity contribution in [2.75, 3.05) is 19.8 Å². The van der Waals surface area contributed by atoms with E-state index in [-0.39, 0.29) is 12.2 Å².